The SMILES string of the molecule is C=CCOc1ccc(C(=O)NC(CC(F)F)C(=O)O)cc1. The van der Waals surface area contributed by atoms with E-state index in [0.717, 1.165) is 0 Å². The highest BCUT2D eigenvalue weighted by Gasteiger charge is 2.24. The van der Waals surface area contributed by atoms with Crippen molar-refractivity contribution in [3.63, 3.8) is 0 Å². The minimum absolute atomic E-state index is 0.154. The Hall–Kier alpha value is -2.44. The molecule has 2 N–H and O–H groups in total. The fourth-order valence-electron chi connectivity index (χ4n) is 1.50. The molecule has 0 heterocycles. The first-order chi connectivity index (χ1) is 9.93. The molecule has 1 aromatic rings. The van der Waals surface area contributed by atoms with E-state index in [-0.39, 0.29) is 5.56 Å². The Morgan fingerprint density at radius 2 is 1.95 bits per heavy atom. The number of aliphatic carboxylic acids is 1. The lowest BCUT2D eigenvalue weighted by atomic mass is 10.1. The zero-order valence-corrected chi connectivity index (χ0v) is 11.1. The van der Waals surface area contributed by atoms with Gasteiger partial charge in [0.2, 0.25) is 6.43 Å². The van der Waals surface area contributed by atoms with Crippen LogP contribution in [-0.4, -0.2) is 36.1 Å². The Balaban J connectivity index is 2.69. The van der Waals surface area contributed by atoms with E-state index >= 15 is 0 Å². The first-order valence-electron chi connectivity index (χ1n) is 6.09. The predicted octanol–water partition coefficient (Wildman–Crippen LogP) is 2.09. The molecule has 0 radical (unpaired) electrons. The van der Waals surface area contributed by atoms with Crippen LogP contribution in [0.15, 0.2) is 36.9 Å². The number of carbonyl (C=O) groups excluding carboxylic acids is 1. The average molecular weight is 299 g/mol. The van der Waals surface area contributed by atoms with Crippen molar-refractivity contribution >= 4 is 11.9 Å². The second-order valence-corrected chi connectivity index (χ2v) is 4.12. The maximum atomic E-state index is 12.2. The van der Waals surface area contributed by atoms with E-state index in [1.807, 2.05) is 0 Å². The number of nitrogens with one attached hydrogen (secondary N) is 1. The van der Waals surface area contributed by atoms with Gasteiger partial charge in [-0.25, -0.2) is 13.6 Å². The summed E-state index contributed by atoms with van der Waals surface area (Å²) >= 11 is 0. The first kappa shape index (κ1) is 16.6. The van der Waals surface area contributed by atoms with Gasteiger partial charge in [-0.15, -0.1) is 0 Å². The van der Waals surface area contributed by atoms with Crippen molar-refractivity contribution in [3.8, 4) is 5.75 Å². The molecule has 114 valence electrons. The van der Waals surface area contributed by atoms with Gasteiger partial charge in [-0.05, 0) is 24.3 Å². The van der Waals surface area contributed by atoms with Crippen LogP contribution in [0.4, 0.5) is 8.78 Å². The summed E-state index contributed by atoms with van der Waals surface area (Å²) < 4.78 is 29.7. The van der Waals surface area contributed by atoms with Crippen LogP contribution >= 0.6 is 0 Å². The molecule has 7 heteroatoms. The van der Waals surface area contributed by atoms with Crippen LogP contribution in [0.5, 0.6) is 5.75 Å². The predicted molar refractivity (Wildman–Crippen MR) is 71.6 cm³/mol. The molecule has 0 aliphatic heterocycles. The lowest BCUT2D eigenvalue weighted by Gasteiger charge is -2.14. The summed E-state index contributed by atoms with van der Waals surface area (Å²) in [5, 5.41) is 10.8. The van der Waals surface area contributed by atoms with Crippen LogP contribution < -0.4 is 10.1 Å². The smallest absolute Gasteiger partial charge is 0.326 e. The number of ether oxygens (including phenoxy) is 1. The van der Waals surface area contributed by atoms with E-state index < -0.39 is 30.8 Å². The average Bonchev–Trinajstić information content (AvgIpc) is 2.44. The largest absolute Gasteiger partial charge is 0.490 e. The van der Waals surface area contributed by atoms with E-state index in [0.29, 0.717) is 12.4 Å². The highest BCUT2D eigenvalue weighted by atomic mass is 19.3. The van der Waals surface area contributed by atoms with Crippen LogP contribution in [0.25, 0.3) is 0 Å². The molecule has 0 aliphatic rings. The van der Waals surface area contributed by atoms with Gasteiger partial charge in [-0.3, -0.25) is 4.79 Å². The molecule has 1 amide bonds. The van der Waals surface area contributed by atoms with Gasteiger partial charge >= 0.3 is 5.97 Å². The van der Waals surface area contributed by atoms with Gasteiger partial charge in [0.25, 0.3) is 5.91 Å². The quantitative estimate of drug-likeness (QED) is 0.721. The summed E-state index contributed by atoms with van der Waals surface area (Å²) in [6, 6.07) is 4.22. The van der Waals surface area contributed by atoms with Gasteiger partial charge in [0.1, 0.15) is 18.4 Å². The van der Waals surface area contributed by atoms with Crippen molar-refractivity contribution in [2.24, 2.45) is 0 Å². The van der Waals surface area contributed by atoms with Crippen LogP contribution in [0.2, 0.25) is 0 Å². The maximum absolute atomic E-state index is 12.2. The summed E-state index contributed by atoms with van der Waals surface area (Å²) in [7, 11) is 0. The molecule has 1 rings (SSSR count). The number of carbonyl (C=O) groups is 2. The van der Waals surface area contributed by atoms with Crippen LogP contribution in [0.3, 0.4) is 0 Å². The molecule has 0 saturated carbocycles. The monoisotopic (exact) mass is 299 g/mol. The zero-order valence-electron chi connectivity index (χ0n) is 11.1. The highest BCUT2D eigenvalue weighted by molar-refractivity contribution is 5.96. The number of amides is 1. The van der Waals surface area contributed by atoms with E-state index in [2.05, 4.69) is 11.9 Å². The second kappa shape index (κ2) is 7.98. The molecule has 0 aromatic heterocycles. The van der Waals surface area contributed by atoms with Gasteiger partial charge in [0.05, 0.1) is 0 Å². The lowest BCUT2D eigenvalue weighted by Crippen LogP contribution is -2.42. The van der Waals surface area contributed by atoms with E-state index in [4.69, 9.17) is 9.84 Å². The number of carboxylic acid groups (broad SMARTS) is 1. The minimum Gasteiger partial charge on any atom is -0.490 e. The Labute approximate surface area is 120 Å². The van der Waals surface area contributed by atoms with E-state index in [1.54, 1.807) is 6.08 Å². The molecule has 0 bridgehead atoms. The molecular formula is C14H15F2NO4. The fourth-order valence-corrected chi connectivity index (χ4v) is 1.50. The summed E-state index contributed by atoms with van der Waals surface area (Å²) in [6.07, 6.45) is -2.20. The van der Waals surface area contributed by atoms with Crippen LogP contribution in [0.1, 0.15) is 16.8 Å². The third-order valence-corrected chi connectivity index (χ3v) is 2.50. The number of carboxylic acids is 1. The molecule has 1 atom stereocenters. The number of alkyl halides is 2. The highest BCUT2D eigenvalue weighted by Crippen LogP contribution is 2.13. The Bertz CT molecular complexity index is 502. The van der Waals surface area contributed by atoms with Crippen molar-refractivity contribution in [2.45, 2.75) is 18.9 Å². The molecule has 1 aromatic carbocycles. The third-order valence-electron chi connectivity index (χ3n) is 2.50. The van der Waals surface area contributed by atoms with Crippen LogP contribution in [-0.2, 0) is 4.79 Å². The standard InChI is InChI=1S/C14H15F2NO4/c1-2-7-21-10-5-3-9(4-6-10)13(18)17-11(14(19)20)8-12(15)16/h2-6,11-12H,1,7-8H2,(H,17,18)(H,19,20). The Morgan fingerprint density at radius 1 is 1.33 bits per heavy atom. The van der Waals surface area contributed by atoms with E-state index in [9.17, 15) is 18.4 Å². The number of benzene rings is 1. The fraction of sp³-hybridized carbons (Fsp3) is 0.286. The topological polar surface area (TPSA) is 75.6 Å². The van der Waals surface area contributed by atoms with Crippen molar-refractivity contribution in [1.29, 1.82) is 0 Å². The molecule has 0 spiro atoms. The molecule has 0 aliphatic carbocycles. The van der Waals surface area contributed by atoms with Gasteiger partial charge in [-0.1, -0.05) is 12.7 Å². The Kier molecular flexibility index (Phi) is 6.32. The molecule has 21 heavy (non-hydrogen) atoms. The molecule has 0 fully saturated rings. The number of hydrogen-bond donors (Lipinski definition) is 2. The summed E-state index contributed by atoms with van der Waals surface area (Å²) in [5.41, 5.74) is 0.154. The molecular weight excluding hydrogens is 284 g/mol. The van der Waals surface area contributed by atoms with Gasteiger partial charge in [0.15, 0.2) is 0 Å². The van der Waals surface area contributed by atoms with Gasteiger partial charge in [0, 0.05) is 12.0 Å². The third kappa shape index (κ3) is 5.60. The van der Waals surface area contributed by atoms with Crippen LogP contribution in [0, 0.1) is 0 Å². The number of rotatable bonds is 8. The first-order valence-corrected chi connectivity index (χ1v) is 6.09. The number of hydrogen-bond acceptors (Lipinski definition) is 3. The van der Waals surface area contributed by atoms with E-state index in [1.165, 1.54) is 24.3 Å². The molecule has 5 nitrogen and oxygen atoms in total. The zero-order chi connectivity index (χ0) is 15.8. The normalized spacial score (nSPS) is 11.8. The summed E-state index contributed by atoms with van der Waals surface area (Å²) in [4.78, 5) is 22.6. The summed E-state index contributed by atoms with van der Waals surface area (Å²) in [6.45, 7) is 3.79. The summed E-state index contributed by atoms with van der Waals surface area (Å²) in [5.74, 6) is -1.73. The van der Waals surface area contributed by atoms with Crippen molar-refractivity contribution in [1.82, 2.24) is 5.32 Å². The molecule has 1 unspecified atom stereocenters. The van der Waals surface area contributed by atoms with Crippen molar-refractivity contribution in [3.05, 3.63) is 42.5 Å². The molecule has 0 saturated heterocycles. The maximum Gasteiger partial charge on any atom is 0.326 e. The second-order valence-electron chi connectivity index (χ2n) is 4.12. The van der Waals surface area contributed by atoms with Crippen molar-refractivity contribution < 1.29 is 28.2 Å². The lowest BCUT2D eigenvalue weighted by molar-refractivity contribution is -0.140. The minimum atomic E-state index is -2.82. The van der Waals surface area contributed by atoms with Gasteiger partial charge < -0.3 is 15.2 Å². The van der Waals surface area contributed by atoms with Gasteiger partial charge in [-0.2, -0.15) is 0 Å². The number of halogens is 2. The van der Waals surface area contributed by atoms with Crippen molar-refractivity contribution in [2.75, 3.05) is 6.61 Å². The Morgan fingerprint density at radius 3 is 2.43 bits per heavy atom.